The molecule has 0 amide bonds. The van der Waals surface area contributed by atoms with E-state index in [1.54, 1.807) is 19.1 Å². The zero-order valence-corrected chi connectivity index (χ0v) is 16.2. The molecule has 142 valence electrons. The molecule has 5 nitrogen and oxygen atoms in total. The van der Waals surface area contributed by atoms with Gasteiger partial charge in [-0.1, -0.05) is 25.5 Å². The summed E-state index contributed by atoms with van der Waals surface area (Å²) in [5.74, 6) is 0.966. The monoisotopic (exact) mass is 367 g/mol. The molecule has 2 radical (unpaired) electrons. The quantitative estimate of drug-likeness (QED) is 0.476. The zero-order valence-electron chi connectivity index (χ0n) is 16.2. The molecule has 1 aromatic carbocycles. The lowest BCUT2D eigenvalue weighted by Crippen LogP contribution is -2.16. The van der Waals surface area contributed by atoms with Crippen molar-refractivity contribution in [2.75, 3.05) is 13.2 Å². The fraction of sp³-hybridized carbons (Fsp3) is 0.429. The van der Waals surface area contributed by atoms with E-state index < -0.39 is 0 Å². The molecule has 1 heterocycles. The molecule has 0 spiro atoms. The number of rotatable bonds is 10. The largest absolute Gasteiger partial charge is 0.484 e. The summed E-state index contributed by atoms with van der Waals surface area (Å²) < 4.78 is 16.6. The third-order valence-electron chi connectivity index (χ3n) is 4.02. The highest BCUT2D eigenvalue weighted by atomic mass is 16.6. The van der Waals surface area contributed by atoms with Crippen LogP contribution >= 0.6 is 0 Å². The van der Waals surface area contributed by atoms with E-state index in [1.807, 2.05) is 31.2 Å². The van der Waals surface area contributed by atoms with Gasteiger partial charge in [-0.3, -0.25) is 4.98 Å². The summed E-state index contributed by atoms with van der Waals surface area (Å²) in [6.07, 6.45) is 2.79. The molecule has 0 aliphatic rings. The first kappa shape index (κ1) is 20.8. The van der Waals surface area contributed by atoms with E-state index >= 15 is 0 Å². The van der Waals surface area contributed by atoms with Crippen LogP contribution in [0.15, 0.2) is 36.4 Å². The first-order valence-corrected chi connectivity index (χ1v) is 9.31. The average molecular weight is 367 g/mol. The highest BCUT2D eigenvalue weighted by molar-refractivity contribution is 6.30. The molecule has 2 aromatic rings. The number of esters is 1. The Morgan fingerprint density at radius 1 is 1.22 bits per heavy atom. The van der Waals surface area contributed by atoms with Gasteiger partial charge in [-0.05, 0) is 62.1 Å². The Bertz CT molecular complexity index is 751. The van der Waals surface area contributed by atoms with Crippen LogP contribution in [0.2, 0.25) is 0 Å². The third kappa shape index (κ3) is 6.63. The molecule has 2 rings (SSSR count). The molecule has 0 N–H and O–H groups in total. The van der Waals surface area contributed by atoms with Crippen molar-refractivity contribution in [3.05, 3.63) is 47.7 Å². The lowest BCUT2D eigenvalue weighted by Gasteiger charge is -2.20. The van der Waals surface area contributed by atoms with Crippen LogP contribution in [0.5, 0.6) is 11.5 Å². The van der Waals surface area contributed by atoms with Crippen LogP contribution in [-0.4, -0.2) is 32.0 Å². The van der Waals surface area contributed by atoms with Crippen LogP contribution in [0.4, 0.5) is 0 Å². The molecule has 27 heavy (non-hydrogen) atoms. The Morgan fingerprint density at radius 2 is 2.04 bits per heavy atom. The van der Waals surface area contributed by atoms with E-state index in [1.165, 1.54) is 0 Å². The van der Waals surface area contributed by atoms with E-state index in [0.717, 1.165) is 36.3 Å². The summed E-state index contributed by atoms with van der Waals surface area (Å²) in [7, 11) is 5.82. The van der Waals surface area contributed by atoms with Crippen LogP contribution in [0.3, 0.4) is 0 Å². The van der Waals surface area contributed by atoms with Crippen LogP contribution in [0.1, 0.15) is 50.5 Å². The molecule has 1 atom stereocenters. The van der Waals surface area contributed by atoms with E-state index in [0.29, 0.717) is 17.9 Å². The second-order valence-electron chi connectivity index (χ2n) is 6.26. The molecule has 0 saturated heterocycles. The summed E-state index contributed by atoms with van der Waals surface area (Å²) in [6.45, 7) is 6.04. The second-order valence-corrected chi connectivity index (χ2v) is 6.26. The maximum Gasteiger partial charge on any atom is 0.344 e. The number of aryl methyl sites for hydroxylation is 1. The Balaban J connectivity index is 2.08. The minimum absolute atomic E-state index is 0.110. The predicted octanol–water partition coefficient (Wildman–Crippen LogP) is 3.44. The Kier molecular flexibility index (Phi) is 8.17. The van der Waals surface area contributed by atoms with Gasteiger partial charge in [0.05, 0.1) is 12.3 Å². The van der Waals surface area contributed by atoms with Gasteiger partial charge in [0.25, 0.3) is 0 Å². The smallest absolute Gasteiger partial charge is 0.344 e. The Hall–Kier alpha value is -2.50. The number of ether oxygens (including phenoxy) is 3. The Morgan fingerprint density at radius 3 is 2.70 bits per heavy atom. The summed E-state index contributed by atoms with van der Waals surface area (Å²) in [5, 5.41) is 0. The predicted molar refractivity (Wildman–Crippen MR) is 106 cm³/mol. The van der Waals surface area contributed by atoms with Gasteiger partial charge in [0, 0.05) is 0 Å². The van der Waals surface area contributed by atoms with Crippen molar-refractivity contribution >= 4 is 19.4 Å². The van der Waals surface area contributed by atoms with Crippen LogP contribution < -0.4 is 15.1 Å². The van der Waals surface area contributed by atoms with Crippen molar-refractivity contribution in [2.45, 2.75) is 46.1 Å². The van der Waals surface area contributed by atoms with Crippen molar-refractivity contribution in [1.82, 2.24) is 4.98 Å². The molecule has 1 aromatic heterocycles. The SMILES string of the molecule is [B]c1cccc(C(CCCC)Oc2ccc(OCC(=O)OCC)c(C)c2)n1. The van der Waals surface area contributed by atoms with Crippen molar-refractivity contribution in [3.63, 3.8) is 0 Å². The van der Waals surface area contributed by atoms with Gasteiger partial charge in [0.2, 0.25) is 0 Å². The summed E-state index contributed by atoms with van der Waals surface area (Å²) in [5.41, 5.74) is 2.19. The number of unbranched alkanes of at least 4 members (excludes halogenated alkanes) is 1. The Labute approximate surface area is 162 Å². The van der Waals surface area contributed by atoms with Crippen molar-refractivity contribution in [3.8, 4) is 11.5 Å². The van der Waals surface area contributed by atoms with E-state index in [2.05, 4.69) is 11.9 Å². The minimum atomic E-state index is -0.385. The molecule has 0 bridgehead atoms. The number of hydrogen-bond donors (Lipinski definition) is 0. The fourth-order valence-electron chi connectivity index (χ4n) is 2.67. The zero-order chi connectivity index (χ0) is 19.6. The molecule has 6 heteroatoms. The van der Waals surface area contributed by atoms with E-state index in [9.17, 15) is 4.79 Å². The number of pyridine rings is 1. The standard InChI is InChI=1S/C21H26BNO4/c1-4-6-9-19(17-8-7-10-20(22)23-17)27-16-11-12-18(15(3)13-16)26-14-21(24)25-5-2/h7-8,10-13,19H,4-6,9,14H2,1-3H3. The van der Waals surface area contributed by atoms with Gasteiger partial charge in [-0.25, -0.2) is 4.79 Å². The highest BCUT2D eigenvalue weighted by Gasteiger charge is 2.16. The molecule has 0 fully saturated rings. The molecule has 1 unspecified atom stereocenters. The highest BCUT2D eigenvalue weighted by Crippen LogP contribution is 2.29. The molecular formula is C21H26BNO4. The van der Waals surface area contributed by atoms with Crippen molar-refractivity contribution < 1.29 is 19.0 Å². The van der Waals surface area contributed by atoms with Crippen molar-refractivity contribution in [2.24, 2.45) is 0 Å². The van der Waals surface area contributed by atoms with Gasteiger partial charge in [-0.15, -0.1) is 0 Å². The number of carbonyl (C=O) groups excluding carboxylic acids is 1. The molecule has 0 aliphatic heterocycles. The van der Waals surface area contributed by atoms with E-state index in [4.69, 9.17) is 22.1 Å². The van der Waals surface area contributed by atoms with Gasteiger partial charge in [0.1, 0.15) is 25.4 Å². The van der Waals surface area contributed by atoms with Gasteiger partial charge >= 0.3 is 5.97 Å². The summed E-state index contributed by atoms with van der Waals surface area (Å²) >= 11 is 0. The van der Waals surface area contributed by atoms with Crippen molar-refractivity contribution in [1.29, 1.82) is 0 Å². The maximum atomic E-state index is 11.4. The maximum absolute atomic E-state index is 11.4. The van der Waals surface area contributed by atoms with E-state index in [-0.39, 0.29) is 18.7 Å². The van der Waals surface area contributed by atoms with Gasteiger partial charge in [0.15, 0.2) is 6.61 Å². The first-order valence-electron chi connectivity index (χ1n) is 9.31. The number of aromatic nitrogens is 1. The lowest BCUT2D eigenvalue weighted by atomic mass is 10.0. The second kappa shape index (κ2) is 10.6. The molecule has 0 saturated carbocycles. The number of hydrogen-bond acceptors (Lipinski definition) is 5. The third-order valence-corrected chi connectivity index (χ3v) is 4.02. The number of carbonyl (C=O) groups is 1. The number of benzene rings is 1. The van der Waals surface area contributed by atoms with Crippen LogP contribution in [0.25, 0.3) is 0 Å². The van der Waals surface area contributed by atoms with Gasteiger partial charge < -0.3 is 14.2 Å². The lowest BCUT2D eigenvalue weighted by molar-refractivity contribution is -0.145. The summed E-state index contributed by atoms with van der Waals surface area (Å²) in [6, 6.07) is 11.1. The van der Waals surface area contributed by atoms with Gasteiger partial charge in [-0.2, -0.15) is 0 Å². The average Bonchev–Trinajstić information content (AvgIpc) is 2.64. The number of nitrogens with zero attached hydrogens (tertiary/aromatic N) is 1. The molecule has 0 aliphatic carbocycles. The first-order chi connectivity index (χ1) is 13.0. The fourth-order valence-corrected chi connectivity index (χ4v) is 2.67. The van der Waals surface area contributed by atoms with Crippen LogP contribution in [0, 0.1) is 6.92 Å². The topological polar surface area (TPSA) is 57.7 Å². The normalized spacial score (nSPS) is 11.7. The van der Waals surface area contributed by atoms with Crippen LogP contribution in [-0.2, 0) is 9.53 Å². The minimum Gasteiger partial charge on any atom is -0.484 e. The summed E-state index contributed by atoms with van der Waals surface area (Å²) in [4.78, 5) is 15.8. The molecular weight excluding hydrogens is 341 g/mol.